The van der Waals surface area contributed by atoms with Crippen LogP contribution in [-0.2, 0) is 47.3 Å². The number of benzene rings is 8. The molecule has 2 aliphatic carbocycles. The molecular formula is C73H70BN3O2. The molecule has 15 rings (SSSR count). The number of aromatic nitrogens is 2. The quantitative estimate of drug-likeness (QED) is 0.154. The Kier molecular flexibility index (Phi) is 10.0. The third-order valence-corrected chi connectivity index (χ3v) is 19.0. The minimum atomic E-state index is -0.110. The predicted octanol–water partition coefficient (Wildman–Crippen LogP) is 17.3. The SMILES string of the molecule is CC(C)(C)c1ccc2c(c1)c1cc(C(C)(C)C)cc3c1n2-c1cc(-c2c(C#N)ccc4oc5ccc6c(c5c5c7c(ccc5oc24)CCCC7)CCCC6)cc2c1B3c1cc(C(C)(C)C)cc3c4cc(C(C)(C)C)ccc4n-2c13. The number of nitrogens with zero attached hydrogens (tertiary/aromatic N) is 3. The standard InChI is InChI=1S/C73H70BN3O2/c1-70(2,3)44-24-26-56-50(33-44)52-35-46(72(7,8)9)37-54-67(52)76(56)58-31-43(32-59-66(58)74(54)55-38-47(73(10,11)12)36-53-51-34-45(71(4,5)6)25-27-57(51)77(59)68(53)55)63-42(39-75)23-30-62-69(63)79-61-29-22-41-18-14-16-20-49(41)65(61)64-48-19-15-13-17-40(48)21-28-60(64)78-62/h21-38H,13-20H2,1-12H3. The lowest BCUT2D eigenvalue weighted by molar-refractivity contribution is 0.590. The lowest BCUT2D eigenvalue weighted by Crippen LogP contribution is -2.59. The first-order valence-electron chi connectivity index (χ1n) is 29.3. The predicted molar refractivity (Wildman–Crippen MR) is 333 cm³/mol. The molecule has 0 saturated carbocycles. The van der Waals surface area contributed by atoms with Crippen LogP contribution in [0.1, 0.15) is 159 Å². The van der Waals surface area contributed by atoms with Gasteiger partial charge in [0.05, 0.1) is 22.7 Å². The maximum Gasteiger partial charge on any atom is 0.252 e. The van der Waals surface area contributed by atoms with Crippen molar-refractivity contribution in [2.24, 2.45) is 0 Å². The van der Waals surface area contributed by atoms with Crippen molar-refractivity contribution < 1.29 is 8.83 Å². The molecule has 0 bridgehead atoms. The van der Waals surface area contributed by atoms with Gasteiger partial charge in [0.25, 0.3) is 6.71 Å². The van der Waals surface area contributed by atoms with Crippen molar-refractivity contribution in [3.63, 3.8) is 0 Å². The summed E-state index contributed by atoms with van der Waals surface area (Å²) in [5.74, 6) is 0. The molecule has 0 fully saturated rings. The van der Waals surface area contributed by atoms with Gasteiger partial charge in [0.2, 0.25) is 0 Å². The van der Waals surface area contributed by atoms with Crippen molar-refractivity contribution in [2.75, 3.05) is 0 Å². The molecule has 79 heavy (non-hydrogen) atoms. The first-order chi connectivity index (χ1) is 37.7. The van der Waals surface area contributed by atoms with Crippen LogP contribution < -0.4 is 16.4 Å². The summed E-state index contributed by atoms with van der Waals surface area (Å²) in [4.78, 5) is 0. The Bertz CT molecular complexity index is 4480. The Morgan fingerprint density at radius 3 is 1.37 bits per heavy atom. The van der Waals surface area contributed by atoms with Crippen LogP contribution >= 0.6 is 0 Å². The molecule has 0 spiro atoms. The highest BCUT2D eigenvalue weighted by atomic mass is 16.4. The maximum absolute atomic E-state index is 11.5. The topological polar surface area (TPSA) is 59.9 Å². The van der Waals surface area contributed by atoms with Crippen LogP contribution in [0.5, 0.6) is 0 Å². The summed E-state index contributed by atoms with van der Waals surface area (Å²) in [6, 6.07) is 45.0. The lowest BCUT2D eigenvalue weighted by Gasteiger charge is -2.36. The molecule has 5 heterocycles. The van der Waals surface area contributed by atoms with Gasteiger partial charge < -0.3 is 18.0 Å². The zero-order valence-electron chi connectivity index (χ0n) is 48.3. The van der Waals surface area contributed by atoms with E-state index in [0.717, 1.165) is 72.2 Å². The second-order valence-corrected chi connectivity index (χ2v) is 28.1. The molecule has 0 amide bonds. The monoisotopic (exact) mass is 1030 g/mol. The molecule has 11 aromatic rings. The lowest BCUT2D eigenvalue weighted by atomic mass is 9.33. The van der Waals surface area contributed by atoms with Crippen LogP contribution in [0.4, 0.5) is 0 Å². The summed E-state index contributed by atoms with van der Waals surface area (Å²) in [5, 5.41) is 19.0. The smallest absolute Gasteiger partial charge is 0.252 e. The molecule has 0 radical (unpaired) electrons. The van der Waals surface area contributed by atoms with Crippen LogP contribution in [0.25, 0.3) is 99.2 Å². The van der Waals surface area contributed by atoms with Crippen LogP contribution in [0, 0.1) is 11.3 Å². The van der Waals surface area contributed by atoms with Gasteiger partial charge >= 0.3 is 0 Å². The molecule has 2 aliphatic heterocycles. The number of rotatable bonds is 1. The fourth-order valence-corrected chi connectivity index (χ4v) is 14.7. The highest BCUT2D eigenvalue weighted by Gasteiger charge is 2.43. The van der Waals surface area contributed by atoms with Gasteiger partial charge in [0.15, 0.2) is 11.2 Å². The summed E-state index contributed by atoms with van der Waals surface area (Å²) in [7, 11) is 0. The fraction of sp³-hybridized carbons (Fsp3) is 0.329. The maximum atomic E-state index is 11.5. The van der Waals surface area contributed by atoms with E-state index in [2.05, 4.69) is 195 Å². The van der Waals surface area contributed by atoms with Crippen LogP contribution in [0.15, 0.2) is 118 Å². The Hall–Kier alpha value is -7.49. The second kappa shape index (κ2) is 16.3. The summed E-state index contributed by atoms with van der Waals surface area (Å²) in [6.07, 6.45) is 8.86. The average Bonchev–Trinajstić information content (AvgIpc) is 4.02. The Labute approximate surface area is 464 Å². The van der Waals surface area contributed by atoms with Gasteiger partial charge in [0.1, 0.15) is 11.2 Å². The van der Waals surface area contributed by atoms with Crippen LogP contribution in [0.2, 0.25) is 0 Å². The van der Waals surface area contributed by atoms with Crippen molar-refractivity contribution in [3.8, 4) is 28.6 Å². The minimum absolute atomic E-state index is 0.0506. The van der Waals surface area contributed by atoms with E-state index < -0.39 is 0 Å². The highest BCUT2D eigenvalue weighted by Crippen LogP contribution is 2.47. The zero-order chi connectivity index (χ0) is 54.6. The largest absolute Gasteiger partial charge is 0.453 e. The molecule has 5 nitrogen and oxygen atoms in total. The van der Waals surface area contributed by atoms with Crippen molar-refractivity contribution in [2.45, 2.75) is 156 Å². The molecule has 8 aromatic carbocycles. The van der Waals surface area contributed by atoms with Crippen molar-refractivity contribution in [1.29, 1.82) is 5.26 Å². The van der Waals surface area contributed by atoms with Crippen LogP contribution in [-0.4, -0.2) is 15.8 Å². The molecule has 0 saturated heterocycles. The normalized spacial score (nSPS) is 15.2. The fourth-order valence-electron chi connectivity index (χ4n) is 14.7. The van der Waals surface area contributed by atoms with Crippen molar-refractivity contribution in [1.82, 2.24) is 9.13 Å². The van der Waals surface area contributed by atoms with Gasteiger partial charge in [0, 0.05) is 60.3 Å². The van der Waals surface area contributed by atoms with Gasteiger partial charge in [-0.1, -0.05) is 119 Å². The molecular weight excluding hydrogens is 962 g/mol. The van der Waals surface area contributed by atoms with E-state index >= 15 is 0 Å². The third-order valence-electron chi connectivity index (χ3n) is 19.0. The summed E-state index contributed by atoms with van der Waals surface area (Å²) >= 11 is 0. The Balaban J connectivity index is 1.15. The number of hydrogen-bond donors (Lipinski definition) is 0. The van der Waals surface area contributed by atoms with Gasteiger partial charge in [-0.25, -0.2) is 0 Å². The molecule has 4 aliphatic rings. The number of aryl methyl sites for hydroxylation is 4. The zero-order valence-corrected chi connectivity index (χ0v) is 48.3. The first kappa shape index (κ1) is 48.6. The van der Waals surface area contributed by atoms with Gasteiger partial charge in [-0.3, -0.25) is 0 Å². The summed E-state index contributed by atoms with van der Waals surface area (Å²) in [5.41, 5.74) is 26.8. The molecule has 0 N–H and O–H groups in total. The van der Waals surface area contributed by atoms with Gasteiger partial charge in [-0.2, -0.15) is 5.26 Å². The number of hydrogen-bond acceptors (Lipinski definition) is 3. The molecule has 0 atom stereocenters. The van der Waals surface area contributed by atoms with Crippen molar-refractivity contribution >= 4 is 99.8 Å². The van der Waals surface area contributed by atoms with Gasteiger partial charge in [-0.05, 0) is 212 Å². The number of nitriles is 1. The second-order valence-electron chi connectivity index (χ2n) is 28.1. The van der Waals surface area contributed by atoms with E-state index in [1.807, 2.05) is 12.1 Å². The Morgan fingerprint density at radius 1 is 0.456 bits per heavy atom. The average molecular weight is 1030 g/mol. The Morgan fingerprint density at radius 2 is 0.899 bits per heavy atom. The first-order valence-corrected chi connectivity index (χ1v) is 29.3. The van der Waals surface area contributed by atoms with E-state index in [-0.39, 0.29) is 28.4 Å². The summed E-state index contributed by atoms with van der Waals surface area (Å²) < 4.78 is 20.1. The van der Waals surface area contributed by atoms with E-state index in [9.17, 15) is 5.26 Å². The molecule has 0 unspecified atom stereocenters. The summed E-state index contributed by atoms with van der Waals surface area (Å²) in [6.45, 7) is 28.0. The molecule has 6 heteroatoms. The molecule has 3 aromatic heterocycles. The highest BCUT2D eigenvalue weighted by molar-refractivity contribution is 7.00. The van der Waals surface area contributed by atoms with Crippen LogP contribution in [0.3, 0.4) is 0 Å². The van der Waals surface area contributed by atoms with E-state index in [1.54, 1.807) is 0 Å². The van der Waals surface area contributed by atoms with E-state index in [4.69, 9.17) is 8.83 Å². The minimum Gasteiger partial charge on any atom is -0.453 e. The van der Waals surface area contributed by atoms with Crippen molar-refractivity contribution in [3.05, 3.63) is 159 Å². The van der Waals surface area contributed by atoms with Gasteiger partial charge in [-0.15, -0.1) is 0 Å². The van der Waals surface area contributed by atoms with E-state index in [0.29, 0.717) is 16.7 Å². The van der Waals surface area contributed by atoms with E-state index in [1.165, 1.54) is 128 Å². The molecule has 392 valence electrons. The number of fused-ring (bicyclic) bond motifs is 18. The third kappa shape index (κ3) is 7.00.